The number of rotatable bonds is 5. The number of ether oxygens (including phenoxy) is 1. The van der Waals surface area contributed by atoms with Crippen LogP contribution >= 0.6 is 35.3 Å². The molecule has 10 heteroatoms. The molecule has 2 rings (SSSR count). The molecule has 1 unspecified atom stereocenters. The third-order valence-electron chi connectivity index (χ3n) is 4.30. The number of piperidine rings is 1. The first-order valence-electron chi connectivity index (χ1n) is 9.89. The predicted octanol–water partition coefficient (Wildman–Crippen LogP) is 2.89. The minimum absolute atomic E-state index is 0. The van der Waals surface area contributed by atoms with E-state index < -0.39 is 5.60 Å². The molecule has 2 heterocycles. The van der Waals surface area contributed by atoms with Gasteiger partial charge in [-0.25, -0.2) is 9.79 Å². The van der Waals surface area contributed by atoms with E-state index in [4.69, 9.17) is 4.74 Å². The number of hydrogen-bond donors (Lipinski definition) is 2. The standard InChI is InChI=1S/C20H33N5O3S.HI/c1-20(2,3)28-19(27)25-10-6-8-15(14-25)23-18(22-13-17(26)24(4)5)21-12-16-9-7-11-29-16;/h7,9,11,15H,6,8,10,12-14H2,1-5H3,(H2,21,22,23);1H. The Morgan fingerprint density at radius 1 is 1.37 bits per heavy atom. The second-order valence-electron chi connectivity index (χ2n) is 8.30. The van der Waals surface area contributed by atoms with Crippen molar-refractivity contribution in [1.82, 2.24) is 20.4 Å². The number of nitrogens with one attached hydrogen (secondary N) is 2. The molecule has 0 bridgehead atoms. The van der Waals surface area contributed by atoms with E-state index in [9.17, 15) is 9.59 Å². The fourth-order valence-electron chi connectivity index (χ4n) is 2.81. The number of guanidine groups is 1. The van der Waals surface area contributed by atoms with Crippen molar-refractivity contribution in [2.75, 3.05) is 33.7 Å². The van der Waals surface area contributed by atoms with Crippen LogP contribution in [0.2, 0.25) is 0 Å². The van der Waals surface area contributed by atoms with E-state index in [1.54, 1.807) is 30.3 Å². The number of hydrogen-bond acceptors (Lipinski definition) is 5. The minimum Gasteiger partial charge on any atom is -0.444 e. The fourth-order valence-corrected chi connectivity index (χ4v) is 3.45. The average Bonchev–Trinajstić information content (AvgIpc) is 3.16. The topological polar surface area (TPSA) is 86.3 Å². The van der Waals surface area contributed by atoms with Crippen LogP contribution in [0.4, 0.5) is 4.79 Å². The van der Waals surface area contributed by atoms with E-state index in [0.717, 1.165) is 12.8 Å². The van der Waals surface area contributed by atoms with E-state index >= 15 is 0 Å². The zero-order chi connectivity index (χ0) is 21.4. The number of thiophene rings is 1. The van der Waals surface area contributed by atoms with Crippen LogP contribution in [0.15, 0.2) is 22.5 Å². The monoisotopic (exact) mass is 551 g/mol. The summed E-state index contributed by atoms with van der Waals surface area (Å²) in [5.41, 5.74) is -0.515. The quantitative estimate of drug-likeness (QED) is 0.334. The van der Waals surface area contributed by atoms with Crippen LogP contribution in [0.5, 0.6) is 0 Å². The summed E-state index contributed by atoms with van der Waals surface area (Å²) < 4.78 is 5.50. The van der Waals surface area contributed by atoms with E-state index in [0.29, 0.717) is 25.6 Å². The number of amides is 2. The Morgan fingerprint density at radius 3 is 2.70 bits per heavy atom. The highest BCUT2D eigenvalue weighted by atomic mass is 127. The Hall–Kier alpha value is -1.56. The van der Waals surface area contributed by atoms with Crippen LogP contribution in [0.25, 0.3) is 0 Å². The summed E-state index contributed by atoms with van der Waals surface area (Å²) >= 11 is 1.66. The number of aliphatic imine (C=N–C) groups is 1. The van der Waals surface area contributed by atoms with Gasteiger partial charge in [-0.05, 0) is 45.1 Å². The molecule has 1 aromatic heterocycles. The normalized spacial score (nSPS) is 17.0. The zero-order valence-corrected chi connectivity index (χ0v) is 21.6. The van der Waals surface area contributed by atoms with Crippen molar-refractivity contribution in [3.05, 3.63) is 22.4 Å². The van der Waals surface area contributed by atoms with Gasteiger partial charge in [0.05, 0.1) is 6.54 Å². The van der Waals surface area contributed by atoms with Crippen molar-refractivity contribution < 1.29 is 14.3 Å². The molecule has 2 N–H and O–H groups in total. The fraction of sp³-hybridized carbons (Fsp3) is 0.650. The first-order valence-corrected chi connectivity index (χ1v) is 10.8. The van der Waals surface area contributed by atoms with Crippen LogP contribution in [-0.4, -0.2) is 73.1 Å². The molecular formula is C20H34IN5O3S. The van der Waals surface area contributed by atoms with Gasteiger partial charge in [0.2, 0.25) is 5.91 Å². The number of likely N-dealkylation sites (tertiary alicyclic amines) is 1. The van der Waals surface area contributed by atoms with Crippen molar-refractivity contribution in [3.8, 4) is 0 Å². The highest BCUT2D eigenvalue weighted by Gasteiger charge is 2.28. The summed E-state index contributed by atoms with van der Waals surface area (Å²) in [6, 6.07) is 4.09. The lowest BCUT2D eigenvalue weighted by molar-refractivity contribution is -0.127. The van der Waals surface area contributed by atoms with Gasteiger partial charge in [-0.2, -0.15) is 0 Å². The van der Waals surface area contributed by atoms with Gasteiger partial charge in [0.15, 0.2) is 5.96 Å². The number of carbonyl (C=O) groups excluding carboxylic acids is 2. The van der Waals surface area contributed by atoms with Crippen LogP contribution in [-0.2, 0) is 16.1 Å². The van der Waals surface area contributed by atoms with E-state index in [1.165, 1.54) is 9.78 Å². The Kier molecular flexibility index (Phi) is 10.9. The Bertz CT molecular complexity index is 704. The van der Waals surface area contributed by atoms with Crippen LogP contribution in [0.3, 0.4) is 0 Å². The molecule has 0 spiro atoms. The molecule has 30 heavy (non-hydrogen) atoms. The molecule has 170 valence electrons. The average molecular weight is 551 g/mol. The third kappa shape index (κ3) is 9.50. The van der Waals surface area contributed by atoms with Crippen molar-refractivity contribution in [2.45, 2.75) is 51.8 Å². The molecule has 1 saturated heterocycles. The molecule has 0 saturated carbocycles. The molecule has 8 nitrogen and oxygen atoms in total. The van der Waals surface area contributed by atoms with Gasteiger partial charge in [0, 0.05) is 38.1 Å². The van der Waals surface area contributed by atoms with Gasteiger partial charge in [-0.15, -0.1) is 35.3 Å². The van der Waals surface area contributed by atoms with Crippen LogP contribution in [0, 0.1) is 0 Å². The van der Waals surface area contributed by atoms with Gasteiger partial charge >= 0.3 is 6.09 Å². The Balaban J connectivity index is 0.00000450. The molecule has 1 aliphatic heterocycles. The third-order valence-corrected chi connectivity index (χ3v) is 5.17. The first kappa shape index (κ1) is 26.5. The molecule has 1 atom stereocenters. The molecule has 2 amide bonds. The van der Waals surface area contributed by atoms with Crippen molar-refractivity contribution in [1.29, 1.82) is 0 Å². The predicted molar refractivity (Wildman–Crippen MR) is 132 cm³/mol. The second kappa shape index (κ2) is 12.3. The van der Waals surface area contributed by atoms with E-state index in [1.807, 2.05) is 38.3 Å². The number of halogens is 1. The lowest BCUT2D eigenvalue weighted by Crippen LogP contribution is -2.53. The maximum absolute atomic E-state index is 12.4. The minimum atomic E-state index is -0.515. The van der Waals surface area contributed by atoms with Gasteiger partial charge in [0.25, 0.3) is 0 Å². The summed E-state index contributed by atoms with van der Waals surface area (Å²) in [5.74, 6) is 0.505. The lowest BCUT2D eigenvalue weighted by atomic mass is 10.1. The summed E-state index contributed by atoms with van der Waals surface area (Å²) in [6.45, 7) is 7.51. The molecule has 1 fully saturated rings. The summed E-state index contributed by atoms with van der Waals surface area (Å²) in [4.78, 5) is 33.2. The van der Waals surface area contributed by atoms with Crippen LogP contribution < -0.4 is 10.6 Å². The maximum atomic E-state index is 12.4. The van der Waals surface area contributed by atoms with E-state index in [-0.39, 0.29) is 48.6 Å². The number of nitrogens with zero attached hydrogens (tertiary/aromatic N) is 3. The van der Waals surface area contributed by atoms with Gasteiger partial charge in [-0.1, -0.05) is 6.07 Å². The van der Waals surface area contributed by atoms with Crippen molar-refractivity contribution >= 4 is 53.3 Å². The maximum Gasteiger partial charge on any atom is 0.410 e. The highest BCUT2D eigenvalue weighted by molar-refractivity contribution is 14.0. The molecule has 0 aromatic carbocycles. The summed E-state index contributed by atoms with van der Waals surface area (Å²) in [7, 11) is 3.42. The SMILES string of the molecule is CN(C)C(=O)CN=C(NCc1cccs1)NC1CCCN(C(=O)OC(C)(C)C)C1.I. The Morgan fingerprint density at radius 2 is 2.10 bits per heavy atom. The summed E-state index contributed by atoms with van der Waals surface area (Å²) in [5, 5.41) is 8.70. The number of carbonyl (C=O) groups is 2. The zero-order valence-electron chi connectivity index (χ0n) is 18.4. The molecule has 0 radical (unpaired) electrons. The second-order valence-corrected chi connectivity index (χ2v) is 9.33. The smallest absolute Gasteiger partial charge is 0.410 e. The van der Waals surface area contributed by atoms with Crippen molar-refractivity contribution in [2.24, 2.45) is 4.99 Å². The van der Waals surface area contributed by atoms with Crippen molar-refractivity contribution in [3.63, 3.8) is 0 Å². The molecule has 0 aliphatic carbocycles. The Labute approximate surface area is 200 Å². The highest BCUT2D eigenvalue weighted by Crippen LogP contribution is 2.15. The van der Waals surface area contributed by atoms with Crippen LogP contribution in [0.1, 0.15) is 38.5 Å². The first-order chi connectivity index (χ1) is 13.6. The van der Waals surface area contributed by atoms with E-state index in [2.05, 4.69) is 15.6 Å². The summed E-state index contributed by atoms with van der Waals surface area (Å²) in [6.07, 6.45) is 1.50. The van der Waals surface area contributed by atoms with Gasteiger partial charge < -0.3 is 25.2 Å². The largest absolute Gasteiger partial charge is 0.444 e. The number of likely N-dealkylation sites (N-methyl/N-ethyl adjacent to an activating group) is 1. The molecule has 1 aliphatic rings. The molecular weight excluding hydrogens is 517 g/mol. The molecule has 1 aromatic rings. The van der Waals surface area contributed by atoms with Gasteiger partial charge in [-0.3, -0.25) is 4.79 Å². The van der Waals surface area contributed by atoms with Gasteiger partial charge in [0.1, 0.15) is 12.1 Å². The lowest BCUT2D eigenvalue weighted by Gasteiger charge is -2.35.